The number of hydrogen-bond donors (Lipinski definition) is 1. The first-order valence-corrected chi connectivity index (χ1v) is 5.64. The number of carbonyl (C=O) groups is 2. The lowest BCUT2D eigenvalue weighted by Crippen LogP contribution is -2.34. The fourth-order valence-corrected chi connectivity index (χ4v) is 1.58. The van der Waals surface area contributed by atoms with Crippen LogP contribution in [0.2, 0.25) is 0 Å². The van der Waals surface area contributed by atoms with Crippen molar-refractivity contribution in [3.8, 4) is 0 Å². The Morgan fingerprint density at radius 1 is 1.45 bits per heavy atom. The molecule has 0 aliphatic rings. The van der Waals surface area contributed by atoms with E-state index < -0.39 is 35.1 Å². The van der Waals surface area contributed by atoms with Gasteiger partial charge in [-0.15, -0.1) is 0 Å². The van der Waals surface area contributed by atoms with Gasteiger partial charge in [-0.3, -0.25) is 14.6 Å². The lowest BCUT2D eigenvalue weighted by molar-refractivity contribution is -0.141. The molecule has 1 aromatic heterocycles. The lowest BCUT2D eigenvalue weighted by atomic mass is 10.1. The molecule has 0 spiro atoms. The summed E-state index contributed by atoms with van der Waals surface area (Å²) in [4.78, 5) is 27.0. The molecule has 0 saturated carbocycles. The molecule has 1 amide bonds. The molecule has 8 heteroatoms. The molecular formula is C12H13F3N2O3. The number of pyridine rings is 1. The number of carboxylic acids is 1. The Bertz CT molecular complexity index is 517. The molecule has 1 N–H and O–H groups in total. The molecule has 1 heterocycles. The van der Waals surface area contributed by atoms with E-state index in [4.69, 9.17) is 5.11 Å². The van der Waals surface area contributed by atoms with Gasteiger partial charge in [0.1, 0.15) is 0 Å². The first-order chi connectivity index (χ1) is 9.14. The molecule has 0 fully saturated rings. The van der Waals surface area contributed by atoms with E-state index in [0.29, 0.717) is 6.20 Å². The van der Waals surface area contributed by atoms with Crippen molar-refractivity contribution >= 4 is 11.9 Å². The standard InChI is InChI=1S/C12H13F3N2O3/c1-7(11(19)20)6-17(2)10(18)8-3-4-16-5-9(8)12(13,14)15/h3-5,7H,6H2,1-2H3,(H,19,20). The molecule has 0 aromatic carbocycles. The minimum atomic E-state index is -4.70. The third kappa shape index (κ3) is 3.69. The van der Waals surface area contributed by atoms with Crippen LogP contribution in [0, 0.1) is 5.92 Å². The van der Waals surface area contributed by atoms with Crippen molar-refractivity contribution in [1.29, 1.82) is 0 Å². The van der Waals surface area contributed by atoms with Gasteiger partial charge in [-0.2, -0.15) is 13.2 Å². The summed E-state index contributed by atoms with van der Waals surface area (Å²) in [5, 5.41) is 8.74. The second kappa shape index (κ2) is 5.89. The third-order valence-electron chi connectivity index (χ3n) is 2.67. The van der Waals surface area contributed by atoms with Crippen molar-refractivity contribution in [2.75, 3.05) is 13.6 Å². The number of amides is 1. The van der Waals surface area contributed by atoms with Crippen LogP contribution >= 0.6 is 0 Å². The maximum absolute atomic E-state index is 12.8. The largest absolute Gasteiger partial charge is 0.481 e. The van der Waals surface area contributed by atoms with Gasteiger partial charge in [-0.1, -0.05) is 6.92 Å². The fourth-order valence-electron chi connectivity index (χ4n) is 1.58. The van der Waals surface area contributed by atoms with E-state index in [1.165, 1.54) is 14.0 Å². The number of carbonyl (C=O) groups excluding carboxylic acids is 1. The van der Waals surface area contributed by atoms with Crippen molar-refractivity contribution in [2.24, 2.45) is 5.92 Å². The molecule has 0 saturated heterocycles. The number of nitrogens with zero attached hydrogens (tertiary/aromatic N) is 2. The summed E-state index contributed by atoms with van der Waals surface area (Å²) in [6.07, 6.45) is -3.04. The number of carboxylic acid groups (broad SMARTS) is 1. The summed E-state index contributed by atoms with van der Waals surface area (Å²) < 4.78 is 38.3. The molecule has 0 bridgehead atoms. The maximum atomic E-state index is 12.8. The molecule has 1 atom stereocenters. The summed E-state index contributed by atoms with van der Waals surface area (Å²) in [5.41, 5.74) is -1.69. The van der Waals surface area contributed by atoms with Gasteiger partial charge >= 0.3 is 12.1 Å². The Hall–Kier alpha value is -2.12. The van der Waals surface area contributed by atoms with E-state index in [9.17, 15) is 22.8 Å². The van der Waals surface area contributed by atoms with Crippen LogP contribution in [0.5, 0.6) is 0 Å². The van der Waals surface area contributed by atoms with Crippen LogP contribution in [0.3, 0.4) is 0 Å². The molecule has 1 aromatic rings. The second-order valence-corrected chi connectivity index (χ2v) is 4.34. The zero-order valence-corrected chi connectivity index (χ0v) is 10.8. The predicted molar refractivity (Wildman–Crippen MR) is 63.0 cm³/mol. The highest BCUT2D eigenvalue weighted by Gasteiger charge is 2.36. The van der Waals surface area contributed by atoms with Crippen molar-refractivity contribution in [1.82, 2.24) is 9.88 Å². The number of aromatic nitrogens is 1. The van der Waals surface area contributed by atoms with Gasteiger partial charge in [0, 0.05) is 26.0 Å². The van der Waals surface area contributed by atoms with E-state index in [2.05, 4.69) is 4.98 Å². The molecule has 1 unspecified atom stereocenters. The maximum Gasteiger partial charge on any atom is 0.418 e. The molecule has 0 radical (unpaired) electrons. The predicted octanol–water partition coefficient (Wildman–Crippen LogP) is 1.89. The van der Waals surface area contributed by atoms with Crippen molar-refractivity contribution in [3.05, 3.63) is 29.6 Å². The smallest absolute Gasteiger partial charge is 0.418 e. The lowest BCUT2D eigenvalue weighted by Gasteiger charge is -2.21. The zero-order valence-electron chi connectivity index (χ0n) is 10.8. The van der Waals surface area contributed by atoms with Gasteiger partial charge in [-0.25, -0.2) is 0 Å². The minimum absolute atomic E-state index is 0.187. The summed E-state index contributed by atoms with van der Waals surface area (Å²) in [6, 6.07) is 0.965. The van der Waals surface area contributed by atoms with Crippen molar-refractivity contribution in [2.45, 2.75) is 13.1 Å². The van der Waals surface area contributed by atoms with Gasteiger partial charge in [0.15, 0.2) is 0 Å². The normalized spacial score (nSPS) is 12.8. The fraction of sp³-hybridized carbons (Fsp3) is 0.417. The molecule has 5 nitrogen and oxygen atoms in total. The Kier molecular flexibility index (Phi) is 4.69. The van der Waals surface area contributed by atoms with Gasteiger partial charge in [0.2, 0.25) is 0 Å². The van der Waals surface area contributed by atoms with Crippen LogP contribution in [-0.2, 0) is 11.0 Å². The van der Waals surface area contributed by atoms with Crippen LogP contribution in [0.15, 0.2) is 18.5 Å². The van der Waals surface area contributed by atoms with E-state index in [1.54, 1.807) is 0 Å². The van der Waals surface area contributed by atoms with E-state index in [1.807, 2.05) is 0 Å². The van der Waals surface area contributed by atoms with Gasteiger partial charge in [0.05, 0.1) is 17.0 Å². The van der Waals surface area contributed by atoms with Gasteiger partial charge < -0.3 is 10.0 Å². The number of alkyl halides is 3. The monoisotopic (exact) mass is 290 g/mol. The first kappa shape index (κ1) is 15.9. The van der Waals surface area contributed by atoms with Crippen LogP contribution in [0.1, 0.15) is 22.8 Å². The molecule has 20 heavy (non-hydrogen) atoms. The highest BCUT2D eigenvalue weighted by molar-refractivity contribution is 5.95. The Labute approximate surface area is 113 Å². The van der Waals surface area contributed by atoms with Gasteiger partial charge in [-0.05, 0) is 6.07 Å². The molecule has 0 aliphatic carbocycles. The van der Waals surface area contributed by atoms with Crippen molar-refractivity contribution < 1.29 is 27.9 Å². The highest BCUT2D eigenvalue weighted by Crippen LogP contribution is 2.31. The molecule has 0 aliphatic heterocycles. The number of halogens is 3. The van der Waals surface area contributed by atoms with E-state index >= 15 is 0 Å². The third-order valence-corrected chi connectivity index (χ3v) is 2.67. The quantitative estimate of drug-likeness (QED) is 0.919. The number of rotatable bonds is 4. The van der Waals surface area contributed by atoms with Crippen LogP contribution in [-0.4, -0.2) is 40.5 Å². The molecule has 110 valence electrons. The highest BCUT2D eigenvalue weighted by atomic mass is 19.4. The van der Waals surface area contributed by atoms with E-state index in [-0.39, 0.29) is 6.54 Å². The average Bonchev–Trinajstić information content (AvgIpc) is 2.36. The summed E-state index contributed by atoms with van der Waals surface area (Å²) in [7, 11) is 1.25. The van der Waals surface area contributed by atoms with Crippen LogP contribution < -0.4 is 0 Å². The number of hydrogen-bond acceptors (Lipinski definition) is 3. The Morgan fingerprint density at radius 2 is 2.05 bits per heavy atom. The topological polar surface area (TPSA) is 70.5 Å². The summed E-state index contributed by atoms with van der Waals surface area (Å²) in [5.74, 6) is -2.90. The summed E-state index contributed by atoms with van der Waals surface area (Å²) >= 11 is 0. The van der Waals surface area contributed by atoms with E-state index in [0.717, 1.165) is 17.2 Å². The van der Waals surface area contributed by atoms with Crippen LogP contribution in [0.25, 0.3) is 0 Å². The molecular weight excluding hydrogens is 277 g/mol. The Morgan fingerprint density at radius 3 is 2.55 bits per heavy atom. The SMILES string of the molecule is CC(CN(C)C(=O)c1ccncc1C(F)(F)F)C(=O)O. The number of aliphatic carboxylic acids is 1. The second-order valence-electron chi connectivity index (χ2n) is 4.34. The Balaban J connectivity index is 3.01. The van der Waals surface area contributed by atoms with Gasteiger partial charge in [0.25, 0.3) is 5.91 Å². The minimum Gasteiger partial charge on any atom is -0.481 e. The first-order valence-electron chi connectivity index (χ1n) is 5.64. The zero-order chi connectivity index (χ0) is 15.5. The average molecular weight is 290 g/mol. The van der Waals surface area contributed by atoms with Crippen molar-refractivity contribution in [3.63, 3.8) is 0 Å². The van der Waals surface area contributed by atoms with Crippen LogP contribution in [0.4, 0.5) is 13.2 Å². The molecule has 1 rings (SSSR count). The summed E-state index contributed by atoms with van der Waals surface area (Å²) in [6.45, 7) is 1.18.